The van der Waals surface area contributed by atoms with Crippen LogP contribution in [0.5, 0.6) is 5.75 Å². The summed E-state index contributed by atoms with van der Waals surface area (Å²) < 4.78 is 5.65. The second kappa shape index (κ2) is 9.70. The van der Waals surface area contributed by atoms with Crippen molar-refractivity contribution >= 4 is 6.08 Å². The third-order valence-electron chi connectivity index (χ3n) is 4.77. The highest BCUT2D eigenvalue weighted by Gasteiger charge is 2.23. The lowest BCUT2D eigenvalue weighted by Crippen LogP contribution is -2.11. The van der Waals surface area contributed by atoms with Crippen molar-refractivity contribution in [1.82, 2.24) is 4.98 Å². The second-order valence-corrected chi connectivity index (χ2v) is 7.51. The van der Waals surface area contributed by atoms with E-state index < -0.39 is 0 Å². The van der Waals surface area contributed by atoms with E-state index in [0.29, 0.717) is 0 Å². The quantitative estimate of drug-likeness (QED) is 0.594. The molecule has 1 heterocycles. The second-order valence-electron chi connectivity index (χ2n) is 7.51. The molecule has 0 unspecified atom stereocenters. The van der Waals surface area contributed by atoms with Crippen LogP contribution < -0.4 is 4.74 Å². The first-order valence-electron chi connectivity index (χ1n) is 9.93. The summed E-state index contributed by atoms with van der Waals surface area (Å²) >= 11 is 0. The molecule has 0 fully saturated rings. The van der Waals surface area contributed by atoms with Gasteiger partial charge in [-0.05, 0) is 24.3 Å². The van der Waals surface area contributed by atoms with E-state index in [0.717, 1.165) is 52.2 Å². The van der Waals surface area contributed by atoms with Crippen LogP contribution in [0.4, 0.5) is 0 Å². The van der Waals surface area contributed by atoms with Crippen molar-refractivity contribution < 1.29 is 9.84 Å². The van der Waals surface area contributed by atoms with E-state index in [1.807, 2.05) is 18.2 Å². The predicted octanol–water partition coefficient (Wildman–Crippen LogP) is 6.31. The number of benzene rings is 1. The first-order chi connectivity index (χ1) is 13.0. The summed E-state index contributed by atoms with van der Waals surface area (Å²) in [4.78, 5) is 5.01. The van der Waals surface area contributed by atoms with Gasteiger partial charge < -0.3 is 9.84 Å². The topological polar surface area (TPSA) is 42.4 Å². The minimum atomic E-state index is -0.0408. The SMILES string of the molecule is CCCC=Cc1c(C(C)C)nc(C(C)C)c(CO)c1-c1ccccc1OC. The van der Waals surface area contributed by atoms with Gasteiger partial charge in [-0.2, -0.15) is 0 Å². The third kappa shape index (κ3) is 4.59. The van der Waals surface area contributed by atoms with E-state index in [-0.39, 0.29) is 18.4 Å². The molecule has 0 atom stereocenters. The van der Waals surface area contributed by atoms with E-state index in [1.54, 1.807) is 7.11 Å². The van der Waals surface area contributed by atoms with Gasteiger partial charge in [-0.15, -0.1) is 0 Å². The number of methoxy groups -OCH3 is 1. The molecule has 1 N–H and O–H groups in total. The lowest BCUT2D eigenvalue weighted by atomic mass is 9.86. The smallest absolute Gasteiger partial charge is 0.126 e. The number of pyridine rings is 1. The number of para-hydroxylation sites is 1. The van der Waals surface area contributed by atoms with Crippen molar-refractivity contribution in [2.24, 2.45) is 0 Å². The minimum Gasteiger partial charge on any atom is -0.496 e. The van der Waals surface area contributed by atoms with E-state index in [9.17, 15) is 5.11 Å². The molecule has 1 aromatic heterocycles. The average Bonchev–Trinajstić information content (AvgIpc) is 2.66. The van der Waals surface area contributed by atoms with Crippen LogP contribution in [0.25, 0.3) is 17.2 Å². The molecule has 0 radical (unpaired) electrons. The maximum absolute atomic E-state index is 10.3. The molecule has 0 aliphatic rings. The Morgan fingerprint density at radius 3 is 2.30 bits per heavy atom. The van der Waals surface area contributed by atoms with Gasteiger partial charge in [-0.25, -0.2) is 0 Å². The van der Waals surface area contributed by atoms with Gasteiger partial charge in [0, 0.05) is 27.9 Å². The summed E-state index contributed by atoms with van der Waals surface area (Å²) in [7, 11) is 1.69. The Labute approximate surface area is 164 Å². The van der Waals surface area contributed by atoms with Crippen molar-refractivity contribution in [3.8, 4) is 16.9 Å². The maximum Gasteiger partial charge on any atom is 0.126 e. The van der Waals surface area contributed by atoms with Crippen LogP contribution in [-0.4, -0.2) is 17.2 Å². The molecule has 0 saturated heterocycles. The van der Waals surface area contributed by atoms with Gasteiger partial charge in [0.25, 0.3) is 0 Å². The molecule has 0 spiro atoms. The number of aromatic nitrogens is 1. The molecule has 1 aromatic carbocycles. The number of hydrogen-bond donors (Lipinski definition) is 1. The zero-order valence-electron chi connectivity index (χ0n) is 17.5. The number of ether oxygens (including phenoxy) is 1. The number of aliphatic hydroxyl groups excluding tert-OH is 1. The summed E-state index contributed by atoms with van der Waals surface area (Å²) in [5.74, 6) is 1.32. The zero-order valence-corrected chi connectivity index (χ0v) is 17.5. The molecule has 0 aliphatic heterocycles. The van der Waals surface area contributed by atoms with Crippen LogP contribution in [-0.2, 0) is 6.61 Å². The standard InChI is InChI=1S/C24H33NO2/c1-7-8-9-13-19-22(18-12-10-11-14-21(18)27-6)20(15-26)24(17(4)5)25-23(19)16(2)3/h9-14,16-17,26H,7-8,15H2,1-6H3. The number of nitrogens with zero attached hydrogens (tertiary/aromatic N) is 1. The number of allylic oxidation sites excluding steroid dienone is 1. The van der Waals surface area contributed by atoms with Gasteiger partial charge in [-0.3, -0.25) is 4.98 Å². The van der Waals surface area contributed by atoms with Crippen LogP contribution in [0, 0.1) is 0 Å². The highest BCUT2D eigenvalue weighted by molar-refractivity contribution is 5.83. The summed E-state index contributed by atoms with van der Waals surface area (Å²) in [6.07, 6.45) is 6.50. The largest absolute Gasteiger partial charge is 0.496 e. The van der Waals surface area contributed by atoms with E-state index in [4.69, 9.17) is 9.72 Å². The van der Waals surface area contributed by atoms with Crippen molar-refractivity contribution in [2.45, 2.75) is 65.9 Å². The molecular weight excluding hydrogens is 334 g/mol. The van der Waals surface area contributed by atoms with Gasteiger partial charge in [0.2, 0.25) is 0 Å². The molecule has 0 bridgehead atoms. The van der Waals surface area contributed by atoms with Crippen LogP contribution in [0.15, 0.2) is 30.3 Å². The van der Waals surface area contributed by atoms with Crippen LogP contribution in [0.1, 0.15) is 81.8 Å². The monoisotopic (exact) mass is 367 g/mol. The molecule has 2 aromatic rings. The molecule has 2 rings (SSSR count). The molecule has 0 saturated carbocycles. The van der Waals surface area contributed by atoms with Gasteiger partial charge in [0.15, 0.2) is 0 Å². The van der Waals surface area contributed by atoms with E-state index in [1.165, 1.54) is 0 Å². The van der Waals surface area contributed by atoms with E-state index >= 15 is 0 Å². The van der Waals surface area contributed by atoms with Crippen molar-refractivity contribution in [3.63, 3.8) is 0 Å². The van der Waals surface area contributed by atoms with Gasteiger partial charge in [0.05, 0.1) is 19.4 Å². The molecule has 27 heavy (non-hydrogen) atoms. The maximum atomic E-state index is 10.3. The Morgan fingerprint density at radius 2 is 1.74 bits per heavy atom. The lowest BCUT2D eigenvalue weighted by molar-refractivity contribution is 0.280. The van der Waals surface area contributed by atoms with Gasteiger partial charge in [-0.1, -0.05) is 71.4 Å². The fourth-order valence-electron chi connectivity index (χ4n) is 3.45. The van der Waals surface area contributed by atoms with E-state index in [2.05, 4.69) is 52.8 Å². The highest BCUT2D eigenvalue weighted by atomic mass is 16.5. The van der Waals surface area contributed by atoms with Crippen molar-refractivity contribution in [2.75, 3.05) is 7.11 Å². The average molecular weight is 368 g/mol. The Hall–Kier alpha value is -2.13. The van der Waals surface area contributed by atoms with Gasteiger partial charge >= 0.3 is 0 Å². The fourth-order valence-corrected chi connectivity index (χ4v) is 3.45. The molecule has 3 nitrogen and oxygen atoms in total. The predicted molar refractivity (Wildman–Crippen MR) is 114 cm³/mol. The van der Waals surface area contributed by atoms with Gasteiger partial charge in [0.1, 0.15) is 5.75 Å². The summed E-state index contributed by atoms with van der Waals surface area (Å²) in [5.41, 5.74) is 6.08. The Bertz CT molecular complexity index is 791. The summed E-state index contributed by atoms with van der Waals surface area (Å²) in [5, 5.41) is 10.3. The van der Waals surface area contributed by atoms with Crippen LogP contribution >= 0.6 is 0 Å². The number of hydrogen-bond acceptors (Lipinski definition) is 3. The van der Waals surface area contributed by atoms with Crippen molar-refractivity contribution in [3.05, 3.63) is 52.9 Å². The summed E-state index contributed by atoms with van der Waals surface area (Å²) in [6.45, 7) is 10.7. The first-order valence-corrected chi connectivity index (χ1v) is 9.93. The molecule has 0 aliphatic carbocycles. The molecular formula is C24H33NO2. The first kappa shape index (κ1) is 21.2. The minimum absolute atomic E-state index is 0.0408. The number of rotatable bonds is 8. The lowest BCUT2D eigenvalue weighted by Gasteiger charge is -2.23. The summed E-state index contributed by atoms with van der Waals surface area (Å²) in [6, 6.07) is 8.03. The molecule has 3 heteroatoms. The highest BCUT2D eigenvalue weighted by Crippen LogP contribution is 2.41. The Kier molecular flexibility index (Phi) is 7.61. The number of unbranched alkanes of at least 4 members (excludes halogenated alkanes) is 1. The van der Waals surface area contributed by atoms with Crippen LogP contribution in [0.2, 0.25) is 0 Å². The normalized spacial score (nSPS) is 11.7. The molecule has 146 valence electrons. The number of aliphatic hydroxyl groups is 1. The van der Waals surface area contributed by atoms with Crippen molar-refractivity contribution in [1.29, 1.82) is 0 Å². The van der Waals surface area contributed by atoms with Crippen LogP contribution in [0.3, 0.4) is 0 Å². The third-order valence-corrected chi connectivity index (χ3v) is 4.77. The fraction of sp³-hybridized carbons (Fsp3) is 0.458. The molecule has 0 amide bonds. The Balaban J connectivity index is 2.94. The Morgan fingerprint density at radius 1 is 1.07 bits per heavy atom. The zero-order chi connectivity index (χ0) is 20.0.